The van der Waals surface area contributed by atoms with Crippen LogP contribution < -0.4 is 9.62 Å². The van der Waals surface area contributed by atoms with E-state index >= 15 is 0 Å². The lowest BCUT2D eigenvalue weighted by Crippen LogP contribution is -2.52. The van der Waals surface area contributed by atoms with Crippen LogP contribution in [0.3, 0.4) is 0 Å². The van der Waals surface area contributed by atoms with E-state index in [0.29, 0.717) is 13.0 Å². The van der Waals surface area contributed by atoms with Crippen molar-refractivity contribution in [2.24, 2.45) is 0 Å². The maximum atomic E-state index is 13.6. The number of benzene rings is 3. The molecule has 0 radical (unpaired) electrons. The van der Waals surface area contributed by atoms with Crippen molar-refractivity contribution in [3.63, 3.8) is 0 Å². The molecule has 0 aliphatic carbocycles. The standard InChI is InChI=1S/C27H30FN3O4S/c1-3-29-27(33)21(2)30(19-18-22-10-6-4-7-11-22)26(32)20-31(24-16-14-23(28)15-17-24)36(34,35)25-12-8-5-9-13-25/h4-17,21H,3,18-20H2,1-2H3,(H,29,33)/t21-/m1/s1. The van der Waals surface area contributed by atoms with E-state index in [1.165, 1.54) is 29.2 Å². The summed E-state index contributed by atoms with van der Waals surface area (Å²) < 4.78 is 41.6. The molecule has 36 heavy (non-hydrogen) atoms. The molecule has 0 saturated heterocycles. The molecule has 0 heterocycles. The Kier molecular flexibility index (Phi) is 9.19. The number of hydrogen-bond acceptors (Lipinski definition) is 4. The Labute approximate surface area is 211 Å². The van der Waals surface area contributed by atoms with Crippen LogP contribution >= 0.6 is 0 Å². The van der Waals surface area contributed by atoms with Crippen LogP contribution in [-0.4, -0.2) is 50.8 Å². The van der Waals surface area contributed by atoms with Gasteiger partial charge in [-0.3, -0.25) is 13.9 Å². The Balaban J connectivity index is 1.95. The van der Waals surface area contributed by atoms with Gasteiger partial charge in [0.25, 0.3) is 10.0 Å². The second-order valence-electron chi connectivity index (χ2n) is 8.19. The first-order valence-corrected chi connectivity index (χ1v) is 13.1. The highest BCUT2D eigenvalue weighted by atomic mass is 32.2. The molecule has 0 unspecified atom stereocenters. The number of halogens is 1. The summed E-state index contributed by atoms with van der Waals surface area (Å²) >= 11 is 0. The molecule has 3 aromatic rings. The average Bonchev–Trinajstić information content (AvgIpc) is 2.89. The summed E-state index contributed by atoms with van der Waals surface area (Å²) in [4.78, 5) is 27.6. The molecule has 9 heteroatoms. The maximum Gasteiger partial charge on any atom is 0.264 e. The van der Waals surface area contributed by atoms with Gasteiger partial charge < -0.3 is 10.2 Å². The molecule has 0 bridgehead atoms. The van der Waals surface area contributed by atoms with Gasteiger partial charge in [-0.1, -0.05) is 48.5 Å². The van der Waals surface area contributed by atoms with Crippen LogP contribution in [0.15, 0.2) is 89.8 Å². The van der Waals surface area contributed by atoms with Gasteiger partial charge in [-0.25, -0.2) is 12.8 Å². The molecule has 190 valence electrons. The smallest absolute Gasteiger partial charge is 0.264 e. The highest BCUT2D eigenvalue weighted by molar-refractivity contribution is 7.92. The Morgan fingerprint density at radius 3 is 2.08 bits per heavy atom. The van der Waals surface area contributed by atoms with E-state index in [2.05, 4.69) is 5.32 Å². The molecule has 1 N–H and O–H groups in total. The molecular formula is C27H30FN3O4S. The monoisotopic (exact) mass is 511 g/mol. The van der Waals surface area contributed by atoms with Gasteiger partial charge >= 0.3 is 0 Å². The summed E-state index contributed by atoms with van der Waals surface area (Å²) in [5, 5.41) is 2.72. The summed E-state index contributed by atoms with van der Waals surface area (Å²) in [5.41, 5.74) is 1.12. The second kappa shape index (κ2) is 12.3. The number of likely N-dealkylation sites (N-methyl/N-ethyl adjacent to an activating group) is 1. The van der Waals surface area contributed by atoms with Gasteiger partial charge in [-0.15, -0.1) is 0 Å². The average molecular weight is 512 g/mol. The zero-order chi connectivity index (χ0) is 26.1. The van der Waals surface area contributed by atoms with Gasteiger partial charge in [0.1, 0.15) is 18.4 Å². The Hall–Kier alpha value is -3.72. The number of nitrogens with zero attached hydrogens (tertiary/aromatic N) is 2. The summed E-state index contributed by atoms with van der Waals surface area (Å²) in [6.07, 6.45) is 0.484. The van der Waals surface area contributed by atoms with Crippen molar-refractivity contribution in [3.05, 3.63) is 96.3 Å². The molecule has 3 aromatic carbocycles. The third-order valence-corrected chi connectivity index (χ3v) is 7.52. The lowest BCUT2D eigenvalue weighted by molar-refractivity contribution is -0.138. The molecule has 0 fully saturated rings. The van der Waals surface area contributed by atoms with Crippen LogP contribution in [0, 0.1) is 5.82 Å². The normalized spacial score (nSPS) is 12.0. The van der Waals surface area contributed by atoms with Gasteiger partial charge in [-0.05, 0) is 62.2 Å². The SMILES string of the molecule is CCNC(=O)[C@@H](C)N(CCc1ccccc1)C(=O)CN(c1ccc(F)cc1)S(=O)(=O)c1ccccc1. The first kappa shape index (κ1) is 26.9. The molecule has 0 aromatic heterocycles. The number of carbonyl (C=O) groups excluding carboxylic acids is 2. The van der Waals surface area contributed by atoms with Crippen molar-refractivity contribution in [3.8, 4) is 0 Å². The van der Waals surface area contributed by atoms with Crippen LogP contribution in [0.1, 0.15) is 19.4 Å². The zero-order valence-electron chi connectivity index (χ0n) is 20.3. The number of amides is 2. The lowest BCUT2D eigenvalue weighted by atomic mass is 10.1. The Bertz CT molecular complexity index is 1250. The van der Waals surface area contributed by atoms with Gasteiger partial charge in [0.05, 0.1) is 10.6 Å². The van der Waals surface area contributed by atoms with Gasteiger partial charge in [-0.2, -0.15) is 0 Å². The third kappa shape index (κ3) is 6.69. The number of carbonyl (C=O) groups is 2. The molecule has 0 aliphatic rings. The lowest BCUT2D eigenvalue weighted by Gasteiger charge is -2.32. The van der Waals surface area contributed by atoms with Crippen molar-refractivity contribution >= 4 is 27.5 Å². The summed E-state index contributed by atoms with van der Waals surface area (Å²) in [6.45, 7) is 3.45. The van der Waals surface area contributed by atoms with Crippen LogP contribution in [0.25, 0.3) is 0 Å². The molecule has 2 amide bonds. The van der Waals surface area contributed by atoms with E-state index in [0.717, 1.165) is 22.0 Å². The maximum absolute atomic E-state index is 13.6. The minimum absolute atomic E-state index is 0.00487. The minimum atomic E-state index is -4.16. The van der Waals surface area contributed by atoms with E-state index in [1.54, 1.807) is 32.0 Å². The second-order valence-corrected chi connectivity index (χ2v) is 10.1. The molecule has 1 atom stereocenters. The van der Waals surface area contributed by atoms with Crippen LogP contribution in [0.5, 0.6) is 0 Å². The van der Waals surface area contributed by atoms with E-state index in [1.807, 2.05) is 30.3 Å². The number of rotatable bonds is 11. The van der Waals surface area contributed by atoms with Crippen LogP contribution in [-0.2, 0) is 26.0 Å². The summed E-state index contributed by atoms with van der Waals surface area (Å²) in [6, 6.07) is 21.3. The number of nitrogens with one attached hydrogen (secondary N) is 1. The fourth-order valence-electron chi connectivity index (χ4n) is 3.75. The summed E-state index contributed by atoms with van der Waals surface area (Å²) in [5.74, 6) is -1.41. The Morgan fingerprint density at radius 2 is 1.50 bits per heavy atom. The number of hydrogen-bond donors (Lipinski definition) is 1. The first-order chi connectivity index (χ1) is 17.2. The highest BCUT2D eigenvalue weighted by Crippen LogP contribution is 2.24. The van der Waals surface area contributed by atoms with E-state index in [4.69, 9.17) is 0 Å². The third-order valence-electron chi connectivity index (χ3n) is 5.73. The van der Waals surface area contributed by atoms with E-state index in [-0.39, 0.29) is 23.0 Å². The van der Waals surface area contributed by atoms with Crippen LogP contribution in [0.2, 0.25) is 0 Å². The van der Waals surface area contributed by atoms with E-state index in [9.17, 15) is 22.4 Å². The number of sulfonamides is 1. The zero-order valence-corrected chi connectivity index (χ0v) is 21.1. The molecule has 7 nitrogen and oxygen atoms in total. The van der Waals surface area contributed by atoms with Crippen molar-refractivity contribution < 1.29 is 22.4 Å². The van der Waals surface area contributed by atoms with Gasteiger partial charge in [0, 0.05) is 13.1 Å². The molecular weight excluding hydrogens is 481 g/mol. The molecule has 0 aliphatic heterocycles. The van der Waals surface area contributed by atoms with E-state index < -0.39 is 34.3 Å². The van der Waals surface area contributed by atoms with Crippen molar-refractivity contribution in [1.29, 1.82) is 0 Å². The number of anilines is 1. The first-order valence-electron chi connectivity index (χ1n) is 11.7. The van der Waals surface area contributed by atoms with Crippen LogP contribution in [0.4, 0.5) is 10.1 Å². The predicted octanol–water partition coefficient (Wildman–Crippen LogP) is 3.62. The fourth-order valence-corrected chi connectivity index (χ4v) is 5.18. The highest BCUT2D eigenvalue weighted by Gasteiger charge is 2.32. The van der Waals surface area contributed by atoms with Crippen molar-refractivity contribution in [1.82, 2.24) is 10.2 Å². The molecule has 0 spiro atoms. The Morgan fingerprint density at radius 1 is 0.917 bits per heavy atom. The van der Waals surface area contributed by atoms with Crippen molar-refractivity contribution in [2.45, 2.75) is 31.2 Å². The quantitative estimate of drug-likeness (QED) is 0.426. The van der Waals surface area contributed by atoms with Crippen molar-refractivity contribution in [2.75, 3.05) is 23.9 Å². The largest absolute Gasteiger partial charge is 0.355 e. The molecule has 3 rings (SSSR count). The minimum Gasteiger partial charge on any atom is -0.355 e. The van der Waals surface area contributed by atoms with Gasteiger partial charge in [0.2, 0.25) is 11.8 Å². The molecule has 0 saturated carbocycles. The summed E-state index contributed by atoms with van der Waals surface area (Å²) in [7, 11) is -4.16. The van der Waals surface area contributed by atoms with Gasteiger partial charge in [0.15, 0.2) is 0 Å². The predicted molar refractivity (Wildman–Crippen MR) is 137 cm³/mol. The topological polar surface area (TPSA) is 86.8 Å². The fraction of sp³-hybridized carbons (Fsp3) is 0.259.